The van der Waals surface area contributed by atoms with Crippen molar-refractivity contribution in [2.45, 2.75) is 31.5 Å². The van der Waals surface area contributed by atoms with Crippen LogP contribution in [0.25, 0.3) is 0 Å². The zero-order valence-corrected chi connectivity index (χ0v) is 19.2. The molecule has 1 N–H and O–H groups in total. The average molecular weight is 505 g/mol. The van der Waals surface area contributed by atoms with Crippen molar-refractivity contribution in [3.8, 4) is 5.75 Å². The molecule has 3 aromatic rings. The minimum Gasteiger partial charge on any atom is -0.428 e. The van der Waals surface area contributed by atoms with Gasteiger partial charge in [0.15, 0.2) is 0 Å². The lowest BCUT2D eigenvalue weighted by atomic mass is 10.1. The summed E-state index contributed by atoms with van der Waals surface area (Å²) in [5, 5.41) is 3.69. The summed E-state index contributed by atoms with van der Waals surface area (Å²) in [6, 6.07) is 20.6. The van der Waals surface area contributed by atoms with E-state index in [1.807, 2.05) is 37.3 Å². The smallest absolute Gasteiger partial charge is 0.428 e. The lowest BCUT2D eigenvalue weighted by Gasteiger charge is -2.26. The summed E-state index contributed by atoms with van der Waals surface area (Å²) in [6.07, 6.45) is -6.96. The molecule has 3 aromatic carbocycles. The molecule has 4 rings (SSSR count). The zero-order valence-electron chi connectivity index (χ0n) is 18.5. The first-order chi connectivity index (χ1) is 16.7. The molecule has 0 saturated heterocycles. The summed E-state index contributed by atoms with van der Waals surface area (Å²) in [4.78, 5) is 14.9. The Kier molecular flexibility index (Phi) is 7.03. The number of amides is 1. The van der Waals surface area contributed by atoms with E-state index < -0.39 is 24.3 Å². The largest absolute Gasteiger partial charge is 0.461 e. The van der Waals surface area contributed by atoms with Crippen LogP contribution in [0, 0.1) is 0 Å². The third-order valence-electron chi connectivity index (χ3n) is 5.54. The number of nitrogens with one attached hydrogen (secondary N) is 1. The van der Waals surface area contributed by atoms with E-state index in [1.54, 1.807) is 36.4 Å². The van der Waals surface area contributed by atoms with Crippen LogP contribution in [0.5, 0.6) is 5.75 Å². The maximum atomic E-state index is 13.5. The maximum absolute atomic E-state index is 13.5. The van der Waals surface area contributed by atoms with Crippen LogP contribution >= 0.6 is 11.6 Å². The van der Waals surface area contributed by atoms with Gasteiger partial charge in [-0.25, -0.2) is 0 Å². The number of ether oxygens (including phenoxy) is 1. The van der Waals surface area contributed by atoms with Gasteiger partial charge in [0.25, 0.3) is 5.91 Å². The lowest BCUT2D eigenvalue weighted by molar-refractivity contribution is -0.253. The average Bonchev–Trinajstić information content (AvgIpc) is 3.16. The van der Waals surface area contributed by atoms with Gasteiger partial charge in [0.05, 0.1) is 11.7 Å². The summed E-state index contributed by atoms with van der Waals surface area (Å²) >= 11 is 6.00. The molecule has 0 bridgehead atoms. The fourth-order valence-electron chi connectivity index (χ4n) is 3.82. The number of nitrogens with zero attached hydrogens (tertiary/aromatic N) is 1. The summed E-state index contributed by atoms with van der Waals surface area (Å²) in [5.41, 5.74) is 2.20. The number of benzene rings is 3. The standard InChI is InChI=1S/C26H21ClF4N2O2/c1-16(17-6-3-2-4-7-17)32-22-15-23(33(24(22)34)20-12-10-19(27)11-13-20)18-8-5-9-21(14-18)35-26(30,31)25(28)29/h2-16,23,25,32H,1H3/t16-,23-/m1/s1. The van der Waals surface area contributed by atoms with E-state index >= 15 is 0 Å². The van der Waals surface area contributed by atoms with Crippen molar-refractivity contribution in [1.82, 2.24) is 5.32 Å². The van der Waals surface area contributed by atoms with Crippen LogP contribution < -0.4 is 15.0 Å². The molecular weight excluding hydrogens is 484 g/mol. The van der Waals surface area contributed by atoms with Crippen molar-refractivity contribution < 1.29 is 27.1 Å². The molecule has 1 heterocycles. The van der Waals surface area contributed by atoms with Crippen molar-refractivity contribution in [3.63, 3.8) is 0 Å². The van der Waals surface area contributed by atoms with Crippen LogP contribution in [-0.4, -0.2) is 18.4 Å². The van der Waals surface area contributed by atoms with Crippen LogP contribution in [0.2, 0.25) is 5.02 Å². The Morgan fingerprint density at radius 2 is 1.69 bits per heavy atom. The minimum atomic E-state index is -4.65. The molecule has 4 nitrogen and oxygen atoms in total. The molecule has 0 unspecified atom stereocenters. The highest BCUT2D eigenvalue weighted by molar-refractivity contribution is 6.30. The number of hydrogen-bond donors (Lipinski definition) is 1. The Hall–Kier alpha value is -3.52. The Bertz CT molecular complexity index is 1220. The molecule has 0 spiro atoms. The summed E-state index contributed by atoms with van der Waals surface area (Å²) in [7, 11) is 0. The highest BCUT2D eigenvalue weighted by Gasteiger charge is 2.44. The topological polar surface area (TPSA) is 41.6 Å². The molecule has 182 valence electrons. The maximum Gasteiger partial charge on any atom is 0.461 e. The quantitative estimate of drug-likeness (QED) is 0.339. The van der Waals surface area contributed by atoms with E-state index in [9.17, 15) is 22.4 Å². The second-order valence-electron chi connectivity index (χ2n) is 7.99. The molecule has 0 fully saturated rings. The molecular formula is C26H21ClF4N2O2. The predicted molar refractivity (Wildman–Crippen MR) is 126 cm³/mol. The molecule has 0 radical (unpaired) electrons. The number of anilines is 1. The third-order valence-corrected chi connectivity index (χ3v) is 5.79. The Morgan fingerprint density at radius 1 is 1.00 bits per heavy atom. The normalized spacial score (nSPS) is 16.9. The predicted octanol–water partition coefficient (Wildman–Crippen LogP) is 6.90. The SMILES string of the molecule is C[C@@H](NC1=C[C@H](c2cccc(OC(F)(F)C(F)F)c2)N(c2ccc(Cl)cc2)C1=O)c1ccccc1. The van der Waals surface area contributed by atoms with Gasteiger partial charge in [-0.3, -0.25) is 9.69 Å². The molecule has 2 atom stereocenters. The highest BCUT2D eigenvalue weighted by Crippen LogP contribution is 2.38. The molecule has 0 aromatic heterocycles. The first-order valence-electron chi connectivity index (χ1n) is 10.7. The van der Waals surface area contributed by atoms with Gasteiger partial charge in [-0.15, -0.1) is 0 Å². The van der Waals surface area contributed by atoms with Crippen molar-refractivity contribution in [2.24, 2.45) is 0 Å². The lowest BCUT2D eigenvalue weighted by Crippen LogP contribution is -2.34. The number of rotatable bonds is 8. The minimum absolute atomic E-state index is 0.198. The van der Waals surface area contributed by atoms with E-state index in [2.05, 4.69) is 10.1 Å². The van der Waals surface area contributed by atoms with Crippen molar-refractivity contribution in [3.05, 3.63) is 107 Å². The summed E-state index contributed by atoms with van der Waals surface area (Å²) in [6.45, 7) is 1.91. The number of hydrogen-bond acceptors (Lipinski definition) is 3. The molecule has 1 aliphatic heterocycles. The monoisotopic (exact) mass is 504 g/mol. The van der Waals surface area contributed by atoms with Gasteiger partial charge in [-0.05, 0) is 60.5 Å². The Morgan fingerprint density at radius 3 is 2.34 bits per heavy atom. The van der Waals surface area contributed by atoms with E-state index in [0.717, 1.165) is 11.6 Å². The van der Waals surface area contributed by atoms with Crippen LogP contribution in [0.15, 0.2) is 90.6 Å². The van der Waals surface area contributed by atoms with Gasteiger partial charge < -0.3 is 10.1 Å². The second kappa shape index (κ2) is 10.00. The second-order valence-corrected chi connectivity index (χ2v) is 8.43. The van der Waals surface area contributed by atoms with Crippen LogP contribution in [0.4, 0.5) is 23.2 Å². The molecule has 1 amide bonds. The van der Waals surface area contributed by atoms with E-state index in [4.69, 9.17) is 11.6 Å². The van der Waals surface area contributed by atoms with Crippen molar-refractivity contribution in [1.29, 1.82) is 0 Å². The van der Waals surface area contributed by atoms with Crippen LogP contribution in [0.3, 0.4) is 0 Å². The molecule has 1 aliphatic rings. The van der Waals surface area contributed by atoms with Crippen LogP contribution in [-0.2, 0) is 4.79 Å². The van der Waals surface area contributed by atoms with Gasteiger partial charge in [0, 0.05) is 16.8 Å². The summed E-state index contributed by atoms with van der Waals surface area (Å²) in [5.74, 6) is -0.784. The van der Waals surface area contributed by atoms with Gasteiger partial charge in [-0.2, -0.15) is 17.6 Å². The zero-order chi connectivity index (χ0) is 25.2. The Balaban J connectivity index is 1.69. The third kappa shape index (κ3) is 5.43. The molecule has 35 heavy (non-hydrogen) atoms. The number of carbonyl (C=O) groups is 1. The molecule has 0 saturated carbocycles. The van der Waals surface area contributed by atoms with Gasteiger partial charge in [-0.1, -0.05) is 54.1 Å². The van der Waals surface area contributed by atoms with Crippen molar-refractivity contribution in [2.75, 3.05) is 4.90 Å². The van der Waals surface area contributed by atoms with Gasteiger partial charge in [0.2, 0.25) is 0 Å². The molecule has 0 aliphatic carbocycles. The van der Waals surface area contributed by atoms with Crippen molar-refractivity contribution >= 4 is 23.2 Å². The summed E-state index contributed by atoms with van der Waals surface area (Å²) < 4.78 is 56.5. The first kappa shape index (κ1) is 24.6. The van der Waals surface area contributed by atoms with E-state index in [-0.39, 0.29) is 11.9 Å². The fraction of sp³-hybridized carbons (Fsp3) is 0.192. The Labute approximate surface area is 204 Å². The van der Waals surface area contributed by atoms with E-state index in [0.29, 0.717) is 22.0 Å². The highest BCUT2D eigenvalue weighted by atomic mass is 35.5. The molecule has 9 heteroatoms. The van der Waals surface area contributed by atoms with Crippen LogP contribution in [0.1, 0.15) is 30.1 Å². The van der Waals surface area contributed by atoms with E-state index in [1.165, 1.54) is 17.0 Å². The van der Waals surface area contributed by atoms with Gasteiger partial charge in [0.1, 0.15) is 5.75 Å². The number of carbonyl (C=O) groups excluding carboxylic acids is 1. The number of halogens is 5. The number of alkyl halides is 4. The first-order valence-corrected chi connectivity index (χ1v) is 11.1. The fourth-order valence-corrected chi connectivity index (χ4v) is 3.94. The van der Waals surface area contributed by atoms with Gasteiger partial charge >= 0.3 is 12.5 Å².